The predicted molar refractivity (Wildman–Crippen MR) is 48.7 cm³/mol. The molecular weight excluding hydrogens is 172 g/mol. The van der Waals surface area contributed by atoms with Crippen LogP contribution in [0.5, 0.6) is 0 Å². The summed E-state index contributed by atoms with van der Waals surface area (Å²) in [5, 5.41) is 0. The number of hydrogen-bond acceptors (Lipinski definition) is 4. The minimum Gasteiger partial charge on any atom is -0.375 e. The molecule has 0 unspecified atom stereocenters. The van der Waals surface area contributed by atoms with Crippen molar-refractivity contribution in [2.24, 2.45) is 0 Å². The summed E-state index contributed by atoms with van der Waals surface area (Å²) in [6.07, 6.45) is 0.825. The monoisotopic (exact) mass is 188 g/mol. The summed E-state index contributed by atoms with van der Waals surface area (Å²) in [6.45, 7) is 3.58. The second kappa shape index (κ2) is 6.77. The lowest BCUT2D eigenvalue weighted by Crippen LogP contribution is -2.41. The van der Waals surface area contributed by atoms with Crippen LogP contribution < -0.4 is 0 Å². The van der Waals surface area contributed by atoms with Gasteiger partial charge in [0.2, 0.25) is 0 Å². The van der Waals surface area contributed by atoms with Gasteiger partial charge in [-0.1, -0.05) is 6.08 Å². The molecule has 0 bridgehead atoms. The van der Waals surface area contributed by atoms with Gasteiger partial charge in [-0.25, -0.2) is 0 Å². The first-order valence-corrected chi connectivity index (χ1v) is 3.91. The van der Waals surface area contributed by atoms with Gasteiger partial charge >= 0.3 is 0 Å². The smallest absolute Gasteiger partial charge is 0.151 e. The van der Waals surface area contributed by atoms with E-state index in [9.17, 15) is 4.79 Å². The largest absolute Gasteiger partial charge is 0.375 e. The molecule has 0 saturated carbocycles. The summed E-state index contributed by atoms with van der Waals surface area (Å²) >= 11 is 0. The molecule has 0 rings (SSSR count). The van der Waals surface area contributed by atoms with Crippen molar-refractivity contribution in [1.29, 1.82) is 0 Å². The van der Waals surface area contributed by atoms with Crippen molar-refractivity contribution in [2.75, 3.05) is 21.3 Å². The van der Waals surface area contributed by atoms with Crippen molar-refractivity contribution < 1.29 is 19.0 Å². The second-order valence-corrected chi connectivity index (χ2v) is 2.47. The number of ether oxygens (including phenoxy) is 3. The molecule has 0 radical (unpaired) electrons. The topological polar surface area (TPSA) is 44.8 Å². The highest BCUT2D eigenvalue weighted by Crippen LogP contribution is 2.09. The molecule has 0 amide bonds. The van der Waals surface area contributed by atoms with Gasteiger partial charge in [0.1, 0.15) is 18.3 Å². The molecule has 4 nitrogen and oxygen atoms in total. The van der Waals surface area contributed by atoms with Crippen LogP contribution in [-0.4, -0.2) is 45.9 Å². The van der Waals surface area contributed by atoms with Gasteiger partial charge in [-0.05, 0) is 0 Å². The molecule has 76 valence electrons. The van der Waals surface area contributed by atoms with Gasteiger partial charge in [0.25, 0.3) is 0 Å². The number of rotatable bonds is 7. The highest BCUT2D eigenvalue weighted by molar-refractivity contribution is 5.57. The maximum atomic E-state index is 10.6. The minimum atomic E-state index is -0.632. The van der Waals surface area contributed by atoms with E-state index in [1.54, 1.807) is 6.08 Å². The summed E-state index contributed by atoms with van der Waals surface area (Å²) in [4.78, 5) is 10.6. The fourth-order valence-electron chi connectivity index (χ4n) is 1.09. The van der Waals surface area contributed by atoms with E-state index in [4.69, 9.17) is 14.2 Å². The predicted octanol–water partition coefficient (Wildman–Crippen LogP) is 0.416. The van der Waals surface area contributed by atoms with Crippen LogP contribution in [0.15, 0.2) is 12.7 Å². The SMILES string of the molecule is C=C[C@@H](OC)[C@H](OC)[C@H](C=O)OC. The first kappa shape index (κ1) is 12.3. The van der Waals surface area contributed by atoms with Gasteiger partial charge < -0.3 is 19.0 Å². The van der Waals surface area contributed by atoms with Crippen LogP contribution in [-0.2, 0) is 19.0 Å². The van der Waals surface area contributed by atoms with Crippen molar-refractivity contribution in [3.05, 3.63) is 12.7 Å². The average Bonchev–Trinajstić information content (AvgIpc) is 2.18. The lowest BCUT2D eigenvalue weighted by molar-refractivity contribution is -0.132. The molecule has 0 heterocycles. The fourth-order valence-corrected chi connectivity index (χ4v) is 1.09. The van der Waals surface area contributed by atoms with E-state index in [1.165, 1.54) is 21.3 Å². The Kier molecular flexibility index (Phi) is 6.40. The van der Waals surface area contributed by atoms with E-state index < -0.39 is 12.2 Å². The molecule has 13 heavy (non-hydrogen) atoms. The Morgan fingerprint density at radius 3 is 1.85 bits per heavy atom. The Balaban J connectivity index is 4.43. The van der Waals surface area contributed by atoms with Gasteiger partial charge in [-0.15, -0.1) is 6.58 Å². The van der Waals surface area contributed by atoms with Crippen molar-refractivity contribution >= 4 is 6.29 Å². The Bertz CT molecular complexity index is 142. The Hall–Kier alpha value is -0.710. The third-order valence-electron chi connectivity index (χ3n) is 1.83. The average molecular weight is 188 g/mol. The summed E-state index contributed by atoms with van der Waals surface area (Å²) < 4.78 is 15.1. The quantitative estimate of drug-likeness (QED) is 0.429. The van der Waals surface area contributed by atoms with Crippen molar-refractivity contribution in [1.82, 2.24) is 0 Å². The van der Waals surface area contributed by atoms with Crippen molar-refractivity contribution in [2.45, 2.75) is 18.3 Å². The molecule has 4 heteroatoms. The molecule has 0 fully saturated rings. The van der Waals surface area contributed by atoms with Gasteiger partial charge in [-0.3, -0.25) is 0 Å². The Labute approximate surface area is 78.5 Å². The standard InChI is InChI=1S/C9H16O4/c1-5-7(11-2)9(13-4)8(6-10)12-3/h5-9H,1H2,2-4H3/t7-,8+,9+/m1/s1. The summed E-state index contributed by atoms with van der Waals surface area (Å²) in [7, 11) is 4.46. The van der Waals surface area contributed by atoms with Crippen LogP contribution in [0.25, 0.3) is 0 Å². The van der Waals surface area contributed by atoms with Gasteiger partial charge in [-0.2, -0.15) is 0 Å². The van der Waals surface area contributed by atoms with Crippen molar-refractivity contribution in [3.63, 3.8) is 0 Å². The maximum Gasteiger partial charge on any atom is 0.151 e. The minimum absolute atomic E-state index is 0.347. The normalized spacial score (nSPS) is 17.5. The van der Waals surface area contributed by atoms with Crippen LogP contribution in [0, 0.1) is 0 Å². The molecular formula is C9H16O4. The molecule has 0 aliphatic rings. The van der Waals surface area contributed by atoms with E-state index in [0.717, 1.165) is 0 Å². The molecule has 3 atom stereocenters. The van der Waals surface area contributed by atoms with Gasteiger partial charge in [0, 0.05) is 21.3 Å². The number of aldehydes is 1. The van der Waals surface area contributed by atoms with Crippen LogP contribution in [0.2, 0.25) is 0 Å². The van der Waals surface area contributed by atoms with Crippen LogP contribution in [0.3, 0.4) is 0 Å². The van der Waals surface area contributed by atoms with E-state index in [2.05, 4.69) is 6.58 Å². The third kappa shape index (κ3) is 3.26. The number of carbonyl (C=O) groups is 1. The van der Waals surface area contributed by atoms with E-state index in [0.29, 0.717) is 6.29 Å². The molecule has 0 spiro atoms. The molecule has 0 aliphatic heterocycles. The summed E-state index contributed by atoms with van der Waals surface area (Å²) in [5.74, 6) is 0. The lowest BCUT2D eigenvalue weighted by Gasteiger charge is -2.25. The number of carbonyl (C=O) groups excluding carboxylic acids is 1. The molecule has 0 aliphatic carbocycles. The first-order valence-electron chi connectivity index (χ1n) is 3.91. The molecule has 0 saturated heterocycles. The zero-order valence-electron chi connectivity index (χ0n) is 8.23. The maximum absolute atomic E-state index is 10.6. The molecule has 0 aromatic rings. The van der Waals surface area contributed by atoms with Gasteiger partial charge in [0.05, 0.1) is 0 Å². The highest BCUT2D eigenvalue weighted by atomic mass is 16.6. The van der Waals surface area contributed by atoms with Crippen molar-refractivity contribution in [3.8, 4) is 0 Å². The Morgan fingerprint density at radius 1 is 1.08 bits per heavy atom. The zero-order valence-corrected chi connectivity index (χ0v) is 8.23. The number of hydrogen-bond donors (Lipinski definition) is 0. The van der Waals surface area contributed by atoms with Crippen LogP contribution in [0.1, 0.15) is 0 Å². The summed E-state index contributed by atoms with van der Waals surface area (Å²) in [5.41, 5.74) is 0. The number of methoxy groups -OCH3 is 3. The summed E-state index contributed by atoms with van der Waals surface area (Å²) in [6, 6.07) is 0. The zero-order chi connectivity index (χ0) is 10.3. The molecule has 0 aromatic carbocycles. The Morgan fingerprint density at radius 2 is 1.62 bits per heavy atom. The lowest BCUT2D eigenvalue weighted by atomic mass is 10.1. The van der Waals surface area contributed by atoms with Crippen LogP contribution >= 0.6 is 0 Å². The second-order valence-electron chi connectivity index (χ2n) is 2.47. The first-order chi connectivity index (χ1) is 6.24. The third-order valence-corrected chi connectivity index (χ3v) is 1.83. The highest BCUT2D eigenvalue weighted by Gasteiger charge is 2.27. The van der Waals surface area contributed by atoms with E-state index in [1.807, 2.05) is 0 Å². The van der Waals surface area contributed by atoms with E-state index >= 15 is 0 Å². The fraction of sp³-hybridized carbons (Fsp3) is 0.667. The van der Waals surface area contributed by atoms with E-state index in [-0.39, 0.29) is 6.10 Å². The van der Waals surface area contributed by atoms with Gasteiger partial charge in [0.15, 0.2) is 6.29 Å². The molecule has 0 N–H and O–H groups in total. The molecule has 0 aromatic heterocycles. The van der Waals surface area contributed by atoms with Crippen LogP contribution in [0.4, 0.5) is 0 Å².